The van der Waals surface area contributed by atoms with Gasteiger partial charge in [-0.15, -0.1) is 11.3 Å². The molecule has 0 saturated carbocycles. The van der Waals surface area contributed by atoms with E-state index in [1.165, 1.54) is 11.3 Å². The molecule has 1 aliphatic rings. The smallest absolute Gasteiger partial charge is 0.273 e. The van der Waals surface area contributed by atoms with Gasteiger partial charge in [-0.3, -0.25) is 4.79 Å². The monoisotopic (exact) mass is 454 g/mol. The van der Waals surface area contributed by atoms with Gasteiger partial charge in [0.1, 0.15) is 22.2 Å². The van der Waals surface area contributed by atoms with E-state index in [-0.39, 0.29) is 11.9 Å². The molecule has 2 aromatic carbocycles. The molecule has 1 aliphatic heterocycles. The minimum Gasteiger partial charge on any atom is -0.497 e. The number of hydrogen-bond acceptors (Lipinski definition) is 7. The van der Waals surface area contributed by atoms with Crippen LogP contribution in [0.3, 0.4) is 0 Å². The Hall–Kier alpha value is -3.26. The van der Waals surface area contributed by atoms with Gasteiger partial charge in [-0.2, -0.15) is 0 Å². The average Bonchev–Trinajstić information content (AvgIpc) is 3.52. The number of methoxy groups -OCH3 is 4. The molecular weight excluding hydrogens is 428 g/mol. The lowest BCUT2D eigenvalue weighted by molar-refractivity contribution is 0.0729. The maximum absolute atomic E-state index is 13.4. The first-order chi connectivity index (χ1) is 15.6. The maximum Gasteiger partial charge on any atom is 0.273 e. The van der Waals surface area contributed by atoms with Gasteiger partial charge in [0, 0.05) is 23.6 Å². The van der Waals surface area contributed by atoms with E-state index in [2.05, 4.69) is 4.98 Å². The SMILES string of the molecule is COc1ccc([C@H]2CCCN2C(=O)c2csc(-c3cccc(OC)c3OC)n2)c(OC)c1. The number of rotatable bonds is 7. The fourth-order valence-electron chi connectivity index (χ4n) is 4.13. The Morgan fingerprint density at radius 1 is 1.03 bits per heavy atom. The summed E-state index contributed by atoms with van der Waals surface area (Å²) in [7, 11) is 6.45. The Morgan fingerprint density at radius 2 is 1.84 bits per heavy atom. The van der Waals surface area contributed by atoms with E-state index >= 15 is 0 Å². The number of para-hydroxylation sites is 1. The van der Waals surface area contributed by atoms with Crippen LogP contribution in [0.15, 0.2) is 41.8 Å². The first-order valence-corrected chi connectivity index (χ1v) is 11.2. The van der Waals surface area contributed by atoms with Crippen molar-refractivity contribution in [2.75, 3.05) is 35.0 Å². The first-order valence-electron chi connectivity index (χ1n) is 10.3. The van der Waals surface area contributed by atoms with Crippen molar-refractivity contribution in [2.45, 2.75) is 18.9 Å². The molecule has 0 radical (unpaired) electrons. The van der Waals surface area contributed by atoms with Crippen LogP contribution in [-0.2, 0) is 0 Å². The zero-order valence-electron chi connectivity index (χ0n) is 18.6. The third-order valence-corrected chi connectivity index (χ3v) is 6.55. The zero-order valence-corrected chi connectivity index (χ0v) is 19.4. The summed E-state index contributed by atoms with van der Waals surface area (Å²) in [5, 5.41) is 2.51. The topological polar surface area (TPSA) is 70.1 Å². The van der Waals surface area contributed by atoms with E-state index in [4.69, 9.17) is 18.9 Å². The number of hydrogen-bond donors (Lipinski definition) is 0. The van der Waals surface area contributed by atoms with E-state index in [1.54, 1.807) is 33.8 Å². The van der Waals surface area contributed by atoms with E-state index in [0.29, 0.717) is 34.5 Å². The highest BCUT2D eigenvalue weighted by atomic mass is 32.1. The molecule has 0 spiro atoms. The summed E-state index contributed by atoms with van der Waals surface area (Å²) in [5.41, 5.74) is 2.20. The highest BCUT2D eigenvalue weighted by molar-refractivity contribution is 7.13. The van der Waals surface area contributed by atoms with Crippen molar-refractivity contribution in [1.29, 1.82) is 0 Å². The second kappa shape index (κ2) is 9.48. The molecule has 3 aromatic rings. The molecule has 168 valence electrons. The molecule has 4 rings (SSSR count). The number of benzene rings is 2. The van der Waals surface area contributed by atoms with Crippen LogP contribution in [0, 0.1) is 0 Å². The predicted octanol–water partition coefficient (Wildman–Crippen LogP) is 4.82. The third kappa shape index (κ3) is 3.98. The van der Waals surface area contributed by atoms with E-state index in [1.807, 2.05) is 41.3 Å². The Labute approximate surface area is 191 Å². The predicted molar refractivity (Wildman–Crippen MR) is 123 cm³/mol. The molecule has 0 N–H and O–H groups in total. The normalized spacial score (nSPS) is 15.5. The Kier molecular flexibility index (Phi) is 6.50. The molecule has 32 heavy (non-hydrogen) atoms. The lowest BCUT2D eigenvalue weighted by atomic mass is 10.0. The lowest BCUT2D eigenvalue weighted by Crippen LogP contribution is -2.31. The van der Waals surface area contributed by atoms with Crippen molar-refractivity contribution in [3.63, 3.8) is 0 Å². The number of nitrogens with zero attached hydrogens (tertiary/aromatic N) is 2. The van der Waals surface area contributed by atoms with Crippen LogP contribution in [0.5, 0.6) is 23.0 Å². The molecule has 2 heterocycles. The minimum atomic E-state index is -0.0882. The minimum absolute atomic E-state index is 0.0696. The van der Waals surface area contributed by atoms with Crippen LogP contribution in [0.25, 0.3) is 10.6 Å². The van der Waals surface area contributed by atoms with Crippen molar-refractivity contribution in [1.82, 2.24) is 9.88 Å². The summed E-state index contributed by atoms with van der Waals surface area (Å²) in [4.78, 5) is 20.0. The number of likely N-dealkylation sites (tertiary alicyclic amines) is 1. The van der Waals surface area contributed by atoms with Gasteiger partial charge in [-0.1, -0.05) is 6.07 Å². The number of carbonyl (C=O) groups is 1. The standard InChI is InChI=1S/C24H26N2O5S/c1-28-15-10-11-16(21(13-15)30-3)19-8-6-12-26(19)24(27)18-14-32-23(25-18)17-7-5-9-20(29-2)22(17)31-4/h5,7,9-11,13-14,19H,6,8,12H2,1-4H3/t19-/m1/s1. The van der Waals surface area contributed by atoms with Gasteiger partial charge in [0.2, 0.25) is 0 Å². The van der Waals surface area contributed by atoms with Crippen molar-refractivity contribution >= 4 is 17.2 Å². The molecule has 0 bridgehead atoms. The fourth-order valence-corrected chi connectivity index (χ4v) is 4.94. The first kappa shape index (κ1) is 22.0. The van der Waals surface area contributed by atoms with Gasteiger partial charge in [0.15, 0.2) is 11.5 Å². The van der Waals surface area contributed by atoms with Gasteiger partial charge in [0.25, 0.3) is 5.91 Å². The van der Waals surface area contributed by atoms with Gasteiger partial charge in [-0.05, 0) is 37.1 Å². The molecule has 0 unspecified atom stereocenters. The van der Waals surface area contributed by atoms with Crippen LogP contribution in [0.2, 0.25) is 0 Å². The van der Waals surface area contributed by atoms with Gasteiger partial charge < -0.3 is 23.8 Å². The highest BCUT2D eigenvalue weighted by Gasteiger charge is 2.33. The van der Waals surface area contributed by atoms with Crippen LogP contribution < -0.4 is 18.9 Å². The van der Waals surface area contributed by atoms with Crippen LogP contribution in [0.4, 0.5) is 0 Å². The quantitative estimate of drug-likeness (QED) is 0.510. The summed E-state index contributed by atoms with van der Waals surface area (Å²) in [5.74, 6) is 2.58. The summed E-state index contributed by atoms with van der Waals surface area (Å²) in [6.07, 6.45) is 1.79. The molecule has 1 aromatic heterocycles. The second-order valence-corrected chi connectivity index (χ2v) is 8.20. The van der Waals surface area contributed by atoms with Crippen molar-refractivity contribution in [3.8, 4) is 33.6 Å². The van der Waals surface area contributed by atoms with E-state index in [9.17, 15) is 4.79 Å². The van der Waals surface area contributed by atoms with Gasteiger partial charge >= 0.3 is 0 Å². The molecule has 7 nitrogen and oxygen atoms in total. The summed E-state index contributed by atoms with van der Waals surface area (Å²) < 4.78 is 21.8. The molecule has 1 amide bonds. The average molecular weight is 455 g/mol. The number of ether oxygens (including phenoxy) is 4. The lowest BCUT2D eigenvalue weighted by Gasteiger charge is -2.26. The van der Waals surface area contributed by atoms with Gasteiger partial charge in [-0.25, -0.2) is 4.98 Å². The molecular formula is C24H26N2O5S. The number of carbonyl (C=O) groups excluding carboxylic acids is 1. The molecule has 1 atom stereocenters. The van der Waals surface area contributed by atoms with Crippen LogP contribution in [0.1, 0.15) is 34.9 Å². The molecule has 1 saturated heterocycles. The van der Waals surface area contributed by atoms with Crippen molar-refractivity contribution in [2.24, 2.45) is 0 Å². The Balaban J connectivity index is 1.63. The number of aromatic nitrogens is 1. The molecule has 1 fully saturated rings. The summed E-state index contributed by atoms with van der Waals surface area (Å²) in [6.45, 7) is 0.675. The Bertz CT molecular complexity index is 1110. The van der Waals surface area contributed by atoms with E-state index in [0.717, 1.165) is 29.7 Å². The van der Waals surface area contributed by atoms with E-state index < -0.39 is 0 Å². The number of amides is 1. The van der Waals surface area contributed by atoms with Crippen molar-refractivity contribution < 1.29 is 23.7 Å². The summed E-state index contributed by atoms with van der Waals surface area (Å²) >= 11 is 1.41. The zero-order chi connectivity index (χ0) is 22.7. The third-order valence-electron chi connectivity index (χ3n) is 5.67. The molecule has 0 aliphatic carbocycles. The second-order valence-electron chi connectivity index (χ2n) is 7.34. The van der Waals surface area contributed by atoms with Gasteiger partial charge in [0.05, 0.1) is 40.0 Å². The van der Waals surface area contributed by atoms with Crippen LogP contribution in [-0.4, -0.2) is 50.8 Å². The highest BCUT2D eigenvalue weighted by Crippen LogP contribution is 2.41. The largest absolute Gasteiger partial charge is 0.497 e. The van der Waals surface area contributed by atoms with Crippen molar-refractivity contribution in [3.05, 3.63) is 53.0 Å². The maximum atomic E-state index is 13.4. The number of thiazole rings is 1. The summed E-state index contributed by atoms with van der Waals surface area (Å²) in [6, 6.07) is 11.3. The fraction of sp³-hybridized carbons (Fsp3) is 0.333. The molecule has 8 heteroatoms. The van der Waals surface area contributed by atoms with Crippen LogP contribution >= 0.6 is 11.3 Å². The Morgan fingerprint density at radius 3 is 2.56 bits per heavy atom.